The molecule has 0 bridgehead atoms. The van der Waals surface area contributed by atoms with Crippen LogP contribution in [-0.4, -0.2) is 59.2 Å². The lowest BCUT2D eigenvalue weighted by Crippen LogP contribution is -2.39. The molecular weight excluding hydrogens is 574 g/mol. The molecule has 0 fully saturated rings. The van der Waals surface area contributed by atoms with Gasteiger partial charge in [0.2, 0.25) is 5.91 Å². The van der Waals surface area contributed by atoms with Gasteiger partial charge in [-0.2, -0.15) is 10.2 Å². The van der Waals surface area contributed by atoms with Crippen LogP contribution in [-0.2, 0) is 18.4 Å². The number of carbonyl (C=O) groups is 1. The molecule has 0 radical (unpaired) electrons. The number of rotatable bonds is 7. The van der Waals surface area contributed by atoms with Crippen molar-refractivity contribution >= 4 is 27.3 Å². The van der Waals surface area contributed by atoms with E-state index in [-0.39, 0.29) is 29.9 Å². The van der Waals surface area contributed by atoms with Gasteiger partial charge < -0.3 is 14.7 Å². The monoisotopic (exact) mass is 604 g/mol. The van der Waals surface area contributed by atoms with E-state index in [1.54, 1.807) is 29.6 Å². The molecule has 6 rings (SSSR count). The number of carbonyl (C=O) groups excluding carboxylic acids is 1. The van der Waals surface area contributed by atoms with E-state index in [2.05, 4.69) is 11.7 Å². The number of ether oxygens (including phenoxy) is 1. The summed E-state index contributed by atoms with van der Waals surface area (Å²) in [6.07, 6.45) is 4.84. The molecule has 1 aromatic carbocycles. The van der Waals surface area contributed by atoms with Gasteiger partial charge in [0.05, 0.1) is 41.3 Å². The molecule has 9 nitrogen and oxygen atoms in total. The maximum absolute atomic E-state index is 15.9. The molecule has 222 valence electrons. The Morgan fingerprint density at radius 3 is 2.74 bits per heavy atom. The van der Waals surface area contributed by atoms with E-state index in [0.717, 1.165) is 28.8 Å². The summed E-state index contributed by atoms with van der Waals surface area (Å²) in [7, 11) is 1.81. The van der Waals surface area contributed by atoms with E-state index in [1.165, 1.54) is 17.4 Å². The Morgan fingerprint density at radius 2 is 2.05 bits per heavy atom. The van der Waals surface area contributed by atoms with Gasteiger partial charge in [-0.05, 0) is 44.4 Å². The maximum Gasteiger partial charge on any atom is 0.246 e. The summed E-state index contributed by atoms with van der Waals surface area (Å²) in [5, 5.41) is 22.2. The highest BCUT2D eigenvalue weighted by Gasteiger charge is 2.31. The average molecular weight is 605 g/mol. The Balaban J connectivity index is 1.63. The van der Waals surface area contributed by atoms with Gasteiger partial charge in [-0.1, -0.05) is 6.58 Å². The van der Waals surface area contributed by atoms with Gasteiger partial charge in [-0.25, -0.2) is 13.8 Å². The van der Waals surface area contributed by atoms with E-state index in [1.807, 2.05) is 42.4 Å². The van der Waals surface area contributed by atoms with E-state index < -0.39 is 17.2 Å². The Hall–Kier alpha value is -4.42. The van der Waals surface area contributed by atoms with Gasteiger partial charge >= 0.3 is 0 Å². The van der Waals surface area contributed by atoms with Crippen molar-refractivity contribution in [1.82, 2.24) is 29.4 Å². The number of hydrogen-bond acceptors (Lipinski definition) is 7. The van der Waals surface area contributed by atoms with Crippen LogP contribution in [0.3, 0.4) is 0 Å². The van der Waals surface area contributed by atoms with Crippen molar-refractivity contribution in [2.24, 2.45) is 7.05 Å². The zero-order chi connectivity index (χ0) is 30.6. The average Bonchev–Trinajstić information content (AvgIpc) is 3.70. The predicted octanol–water partition coefficient (Wildman–Crippen LogP) is 5.74. The summed E-state index contributed by atoms with van der Waals surface area (Å²) in [5.74, 6) is -1.89. The smallest absolute Gasteiger partial charge is 0.246 e. The molecule has 1 atom stereocenters. The van der Waals surface area contributed by atoms with E-state index in [0.29, 0.717) is 40.4 Å². The van der Waals surface area contributed by atoms with Gasteiger partial charge in [-0.3, -0.25) is 14.2 Å². The van der Waals surface area contributed by atoms with Gasteiger partial charge in [0.15, 0.2) is 0 Å². The van der Waals surface area contributed by atoms with Crippen LogP contribution >= 0.6 is 11.3 Å². The summed E-state index contributed by atoms with van der Waals surface area (Å²) in [5.41, 5.74) is 2.15. The number of hydrogen-bond donors (Lipinski definition) is 1. The van der Waals surface area contributed by atoms with Crippen LogP contribution in [0.4, 0.5) is 8.78 Å². The molecule has 0 spiro atoms. The minimum Gasteiger partial charge on any atom is -0.490 e. The lowest BCUT2D eigenvalue weighted by Gasteiger charge is -2.31. The molecule has 0 saturated heterocycles. The zero-order valence-corrected chi connectivity index (χ0v) is 25.0. The highest BCUT2D eigenvalue weighted by molar-refractivity contribution is 7.18. The van der Waals surface area contributed by atoms with Crippen molar-refractivity contribution in [2.75, 3.05) is 13.2 Å². The quantitative estimate of drug-likeness (QED) is 0.238. The Bertz CT molecular complexity index is 1890. The first-order valence-electron chi connectivity index (χ1n) is 13.7. The maximum atomic E-state index is 15.9. The zero-order valence-electron chi connectivity index (χ0n) is 24.1. The van der Waals surface area contributed by atoms with Crippen LogP contribution < -0.4 is 4.74 Å². The number of fused-ring (bicyclic) bond motifs is 2. The van der Waals surface area contributed by atoms with Gasteiger partial charge in [0, 0.05) is 53.1 Å². The first kappa shape index (κ1) is 28.7. The summed E-state index contributed by atoms with van der Waals surface area (Å²) in [4.78, 5) is 19.2. The molecule has 1 aliphatic rings. The molecule has 5 aromatic rings. The summed E-state index contributed by atoms with van der Waals surface area (Å²) < 4.78 is 40.6. The highest BCUT2D eigenvalue weighted by Crippen LogP contribution is 2.47. The largest absolute Gasteiger partial charge is 0.490 e. The van der Waals surface area contributed by atoms with Crippen LogP contribution in [0.15, 0.2) is 54.7 Å². The molecule has 1 amide bonds. The van der Waals surface area contributed by atoms with E-state index in [4.69, 9.17) is 14.8 Å². The summed E-state index contributed by atoms with van der Waals surface area (Å²) >= 11 is 1.39. The fraction of sp³-hybridized carbons (Fsp3) is 0.290. The fourth-order valence-corrected chi connectivity index (χ4v) is 6.32. The number of nitrogens with zero attached hydrogens (tertiary/aromatic N) is 6. The topological polar surface area (TPSA) is 98.3 Å². The minimum absolute atomic E-state index is 0.0146. The van der Waals surface area contributed by atoms with Gasteiger partial charge in [0.1, 0.15) is 35.4 Å². The number of pyridine rings is 1. The number of aryl methyl sites for hydroxylation is 1. The van der Waals surface area contributed by atoms with Crippen molar-refractivity contribution < 1.29 is 23.4 Å². The van der Waals surface area contributed by atoms with Crippen molar-refractivity contribution in [2.45, 2.75) is 39.0 Å². The second-order valence-corrected chi connectivity index (χ2v) is 12.3. The third kappa shape index (κ3) is 5.32. The SMILES string of the molecule is C=CC(=O)N1Cc2cc(-c3nc(-c4cnn(C)c4)c4ccsc4c3-c3c(F)cc(F)cc3OCC(C)(C)O)nn2[C@@H](C)C1. The minimum atomic E-state index is -1.25. The Kier molecular flexibility index (Phi) is 7.13. The van der Waals surface area contributed by atoms with Crippen LogP contribution in [0.2, 0.25) is 0 Å². The van der Waals surface area contributed by atoms with Gasteiger partial charge in [-0.15, -0.1) is 11.3 Å². The number of amides is 1. The highest BCUT2D eigenvalue weighted by atomic mass is 32.1. The van der Waals surface area contributed by atoms with Crippen molar-refractivity contribution in [3.05, 3.63) is 72.0 Å². The second-order valence-electron chi connectivity index (χ2n) is 11.3. The summed E-state index contributed by atoms with van der Waals surface area (Å²) in [6.45, 7) is 9.24. The molecule has 1 aliphatic heterocycles. The molecule has 0 saturated carbocycles. The predicted molar refractivity (Wildman–Crippen MR) is 161 cm³/mol. The lowest BCUT2D eigenvalue weighted by atomic mass is 9.97. The van der Waals surface area contributed by atoms with E-state index in [9.17, 15) is 14.3 Å². The van der Waals surface area contributed by atoms with Crippen molar-refractivity contribution in [1.29, 1.82) is 0 Å². The normalized spacial score (nSPS) is 15.1. The van der Waals surface area contributed by atoms with E-state index >= 15 is 4.39 Å². The molecular formula is C31H30F2N6O3S. The molecule has 5 heterocycles. The molecule has 12 heteroatoms. The summed E-state index contributed by atoms with van der Waals surface area (Å²) in [6, 6.07) is 5.53. The Morgan fingerprint density at radius 1 is 1.26 bits per heavy atom. The van der Waals surface area contributed by atoms with Crippen molar-refractivity contribution in [3.63, 3.8) is 0 Å². The molecule has 0 unspecified atom stereocenters. The number of aromatic nitrogens is 5. The number of benzene rings is 1. The number of halogens is 2. The van der Waals surface area contributed by atoms with Crippen LogP contribution in [0, 0.1) is 11.6 Å². The first-order valence-corrected chi connectivity index (χ1v) is 14.6. The van der Waals surface area contributed by atoms with Gasteiger partial charge in [0.25, 0.3) is 0 Å². The number of thiophene rings is 1. The first-order chi connectivity index (χ1) is 20.4. The fourth-order valence-electron chi connectivity index (χ4n) is 5.37. The Labute approximate surface area is 250 Å². The van der Waals surface area contributed by atoms with Crippen LogP contribution in [0.5, 0.6) is 5.75 Å². The standard InChI is InChI=1S/C31H30F2N6O3S/c1-6-25(40)38-13-17(2)39-20(15-38)11-23(36-39)29-27(26-22(33)9-19(32)10-24(26)42-16-31(3,4)41)30-21(7-8-43-30)28(35-29)18-12-34-37(5)14-18/h6-12,14,17,41H,1,13,15-16H2,2-5H3/t17-/m0/s1. The second kappa shape index (κ2) is 10.7. The number of aliphatic hydroxyl groups is 1. The third-order valence-corrected chi connectivity index (χ3v) is 8.16. The van der Waals surface area contributed by atoms with Crippen LogP contribution in [0.1, 0.15) is 32.5 Å². The molecule has 0 aliphatic carbocycles. The third-order valence-electron chi connectivity index (χ3n) is 7.23. The molecule has 4 aromatic heterocycles. The van der Waals surface area contributed by atoms with Crippen molar-refractivity contribution in [3.8, 4) is 39.5 Å². The van der Waals surface area contributed by atoms with Crippen LogP contribution in [0.25, 0.3) is 43.9 Å². The molecule has 43 heavy (non-hydrogen) atoms. The lowest BCUT2D eigenvalue weighted by molar-refractivity contribution is -0.127. The molecule has 1 N–H and O–H groups in total.